The smallest absolute Gasteiger partial charge is 0.288 e. The second-order valence-corrected chi connectivity index (χ2v) is 9.36. The van der Waals surface area contributed by atoms with Gasteiger partial charge in [-0.25, -0.2) is 0 Å². The van der Waals surface area contributed by atoms with Gasteiger partial charge in [0.25, 0.3) is 5.91 Å². The molecule has 7 nitrogen and oxygen atoms in total. The first-order chi connectivity index (χ1) is 17.6. The van der Waals surface area contributed by atoms with Crippen molar-refractivity contribution in [1.82, 2.24) is 9.80 Å². The molecule has 2 aromatic rings. The Labute approximate surface area is 214 Å². The Bertz CT molecular complexity index is 986. The Kier molecular flexibility index (Phi) is 9.39. The van der Waals surface area contributed by atoms with Crippen molar-refractivity contribution in [3.63, 3.8) is 0 Å². The van der Waals surface area contributed by atoms with Crippen LogP contribution >= 0.6 is 0 Å². The van der Waals surface area contributed by atoms with E-state index in [1.54, 1.807) is 7.11 Å². The minimum atomic E-state index is -0.544. The molecule has 0 bridgehead atoms. The Hall–Kier alpha value is -2.87. The van der Waals surface area contributed by atoms with Gasteiger partial charge in [0.15, 0.2) is 5.76 Å². The van der Waals surface area contributed by atoms with Gasteiger partial charge in [0.1, 0.15) is 5.75 Å². The molecule has 0 aromatic heterocycles. The number of rotatable bonds is 10. The molecule has 0 saturated carbocycles. The highest BCUT2D eigenvalue weighted by Gasteiger charge is 2.39. The summed E-state index contributed by atoms with van der Waals surface area (Å²) in [5.41, 5.74) is 2.36. The van der Waals surface area contributed by atoms with Crippen LogP contribution in [0.15, 0.2) is 66.4 Å². The van der Waals surface area contributed by atoms with Crippen LogP contribution in [0.3, 0.4) is 0 Å². The maximum absolute atomic E-state index is 13.6. The van der Waals surface area contributed by atoms with Crippen molar-refractivity contribution >= 4 is 5.91 Å². The number of amides is 1. The molecule has 0 radical (unpaired) electrons. The molecule has 3 atom stereocenters. The summed E-state index contributed by atoms with van der Waals surface area (Å²) in [6, 6.07) is 18.4. The first-order valence-electron chi connectivity index (χ1n) is 12.9. The van der Waals surface area contributed by atoms with Crippen LogP contribution in [-0.4, -0.2) is 73.6 Å². The lowest BCUT2D eigenvalue weighted by Crippen LogP contribution is -2.49. The molecule has 0 spiro atoms. The van der Waals surface area contributed by atoms with E-state index in [1.807, 2.05) is 48.2 Å². The summed E-state index contributed by atoms with van der Waals surface area (Å²) < 4.78 is 17.5. The van der Waals surface area contributed by atoms with Crippen LogP contribution in [0.2, 0.25) is 0 Å². The van der Waals surface area contributed by atoms with Crippen LogP contribution in [0.5, 0.6) is 5.75 Å². The van der Waals surface area contributed by atoms with Crippen molar-refractivity contribution in [2.24, 2.45) is 5.92 Å². The fraction of sp³-hybridized carbons (Fsp3) is 0.483. The molecule has 2 aromatic carbocycles. The highest BCUT2D eigenvalue weighted by molar-refractivity contribution is 5.92. The molecule has 36 heavy (non-hydrogen) atoms. The molecule has 2 aliphatic rings. The first-order valence-corrected chi connectivity index (χ1v) is 12.9. The molecule has 4 rings (SSSR count). The number of ether oxygens (including phenoxy) is 3. The van der Waals surface area contributed by atoms with Crippen molar-refractivity contribution in [1.29, 1.82) is 0 Å². The Morgan fingerprint density at radius 1 is 1.06 bits per heavy atom. The zero-order valence-electron chi connectivity index (χ0n) is 21.3. The van der Waals surface area contributed by atoms with Crippen LogP contribution in [0.4, 0.5) is 0 Å². The number of aliphatic hydroxyl groups is 1. The van der Waals surface area contributed by atoms with Crippen LogP contribution in [-0.2, 0) is 20.8 Å². The van der Waals surface area contributed by atoms with E-state index in [2.05, 4.69) is 29.2 Å². The van der Waals surface area contributed by atoms with E-state index in [4.69, 9.17) is 14.2 Å². The summed E-state index contributed by atoms with van der Waals surface area (Å²) in [7, 11) is 1.65. The number of piperazine rings is 1. The SMILES string of the molecule is CCO[C@@H]1OC(C(=O)N2CCN(Cc3ccccc3)CC2)=C[C@H](c2ccc(OC)cc2)[C@@H]1CCCO. The maximum Gasteiger partial charge on any atom is 0.288 e. The largest absolute Gasteiger partial charge is 0.497 e. The van der Waals surface area contributed by atoms with Crippen molar-refractivity contribution in [3.8, 4) is 5.75 Å². The number of nitrogens with zero attached hydrogens (tertiary/aromatic N) is 2. The van der Waals surface area contributed by atoms with Crippen molar-refractivity contribution in [2.45, 2.75) is 38.5 Å². The molecule has 0 aliphatic carbocycles. The van der Waals surface area contributed by atoms with Gasteiger partial charge in [0.2, 0.25) is 6.29 Å². The number of hydrogen-bond donors (Lipinski definition) is 1. The zero-order chi connectivity index (χ0) is 25.3. The molecule has 1 amide bonds. The summed E-state index contributed by atoms with van der Waals surface area (Å²) >= 11 is 0. The fourth-order valence-electron chi connectivity index (χ4n) is 5.07. The van der Waals surface area contributed by atoms with Gasteiger partial charge in [0, 0.05) is 57.8 Å². The average molecular weight is 495 g/mol. The van der Waals surface area contributed by atoms with E-state index in [1.165, 1.54) is 5.56 Å². The molecule has 1 N–H and O–H groups in total. The van der Waals surface area contributed by atoms with Crippen molar-refractivity contribution in [2.75, 3.05) is 46.5 Å². The van der Waals surface area contributed by atoms with Crippen LogP contribution < -0.4 is 4.74 Å². The number of hydrogen-bond acceptors (Lipinski definition) is 6. The topological polar surface area (TPSA) is 71.5 Å². The third kappa shape index (κ3) is 6.46. The number of methoxy groups -OCH3 is 1. The minimum absolute atomic E-state index is 0.00948. The molecule has 1 fully saturated rings. The monoisotopic (exact) mass is 494 g/mol. The van der Waals surface area contributed by atoms with Crippen LogP contribution in [0.1, 0.15) is 36.8 Å². The fourth-order valence-corrected chi connectivity index (χ4v) is 5.07. The van der Waals surface area contributed by atoms with Gasteiger partial charge in [0.05, 0.1) is 7.11 Å². The summed E-state index contributed by atoms with van der Waals surface area (Å²) in [5, 5.41) is 9.48. The first kappa shape index (κ1) is 26.2. The Morgan fingerprint density at radius 3 is 2.42 bits per heavy atom. The molecule has 7 heteroatoms. The highest BCUT2D eigenvalue weighted by atomic mass is 16.7. The van der Waals surface area contributed by atoms with E-state index in [9.17, 15) is 9.90 Å². The van der Waals surface area contributed by atoms with Gasteiger partial charge >= 0.3 is 0 Å². The third-order valence-corrected chi connectivity index (χ3v) is 7.03. The molecule has 1 saturated heterocycles. The predicted molar refractivity (Wildman–Crippen MR) is 138 cm³/mol. The number of benzene rings is 2. The second-order valence-electron chi connectivity index (χ2n) is 9.36. The lowest BCUT2D eigenvalue weighted by Gasteiger charge is -2.39. The molecule has 0 unspecified atom stereocenters. The zero-order valence-corrected chi connectivity index (χ0v) is 21.3. The molecule has 194 valence electrons. The van der Waals surface area contributed by atoms with E-state index in [0.717, 1.165) is 37.4 Å². The van der Waals surface area contributed by atoms with Gasteiger partial charge in [-0.05, 0) is 49.1 Å². The molecular formula is C29H38N2O5. The van der Waals surface area contributed by atoms with E-state index in [-0.39, 0.29) is 24.3 Å². The third-order valence-electron chi connectivity index (χ3n) is 7.03. The number of aliphatic hydroxyl groups excluding tert-OH is 1. The average Bonchev–Trinajstić information content (AvgIpc) is 2.93. The Balaban J connectivity index is 1.50. The Morgan fingerprint density at radius 2 is 1.78 bits per heavy atom. The quantitative estimate of drug-likeness (QED) is 0.542. The van der Waals surface area contributed by atoms with Gasteiger partial charge in [-0.2, -0.15) is 0 Å². The second kappa shape index (κ2) is 12.9. The van der Waals surface area contributed by atoms with Crippen molar-refractivity contribution < 1.29 is 24.1 Å². The van der Waals surface area contributed by atoms with Crippen molar-refractivity contribution in [3.05, 3.63) is 77.6 Å². The lowest BCUT2D eigenvalue weighted by molar-refractivity contribution is -0.171. The summed E-state index contributed by atoms with van der Waals surface area (Å²) in [6.07, 6.45) is 2.79. The van der Waals surface area contributed by atoms with Gasteiger partial charge < -0.3 is 24.2 Å². The van der Waals surface area contributed by atoms with Gasteiger partial charge in [-0.1, -0.05) is 42.5 Å². The standard InChI is InChI=1S/C29H38N2O5/c1-3-35-29-25(10-7-19-32)26(23-11-13-24(34-2)14-12-23)20-27(36-29)28(33)31-17-15-30(16-18-31)21-22-8-5-4-6-9-22/h4-6,8-9,11-14,20,25-26,29,32H,3,7,10,15-19,21H2,1-2H3/t25-,26+,29+/m0/s1. The maximum atomic E-state index is 13.6. The van der Waals surface area contributed by atoms with E-state index < -0.39 is 6.29 Å². The van der Waals surface area contributed by atoms with Gasteiger partial charge in [-0.15, -0.1) is 0 Å². The van der Waals surface area contributed by atoms with Crippen LogP contribution in [0.25, 0.3) is 0 Å². The molecule has 2 aliphatic heterocycles. The normalized spacial score (nSPS) is 22.6. The number of carbonyl (C=O) groups excluding carboxylic acids is 1. The summed E-state index contributed by atoms with van der Waals surface area (Å²) in [6.45, 7) is 6.37. The molecule has 2 heterocycles. The predicted octanol–water partition coefficient (Wildman–Crippen LogP) is 3.79. The summed E-state index contributed by atoms with van der Waals surface area (Å²) in [5.74, 6) is 0.979. The minimum Gasteiger partial charge on any atom is -0.497 e. The van der Waals surface area contributed by atoms with Crippen LogP contribution in [0, 0.1) is 5.92 Å². The van der Waals surface area contributed by atoms with E-state index in [0.29, 0.717) is 31.9 Å². The van der Waals surface area contributed by atoms with Gasteiger partial charge in [-0.3, -0.25) is 9.69 Å². The highest BCUT2D eigenvalue weighted by Crippen LogP contribution is 2.40. The lowest BCUT2D eigenvalue weighted by atomic mass is 9.80. The summed E-state index contributed by atoms with van der Waals surface area (Å²) in [4.78, 5) is 17.8. The van der Waals surface area contributed by atoms with E-state index >= 15 is 0 Å². The molecular weight excluding hydrogens is 456 g/mol. The number of allylic oxidation sites excluding steroid dienone is 1. The number of carbonyl (C=O) groups is 1.